The number of ether oxygens (including phenoxy) is 1. The summed E-state index contributed by atoms with van der Waals surface area (Å²) in [7, 11) is 0. The van der Waals surface area contributed by atoms with Crippen LogP contribution in [0.1, 0.15) is 25.3 Å². The van der Waals surface area contributed by atoms with Crippen molar-refractivity contribution in [2.24, 2.45) is 0 Å². The predicted octanol–water partition coefficient (Wildman–Crippen LogP) is 3.01. The van der Waals surface area contributed by atoms with E-state index >= 15 is 0 Å². The average molecular weight is 286 g/mol. The van der Waals surface area contributed by atoms with E-state index in [-0.39, 0.29) is 17.8 Å². The lowest BCUT2D eigenvalue weighted by Gasteiger charge is -2.39. The van der Waals surface area contributed by atoms with Gasteiger partial charge in [0.1, 0.15) is 5.82 Å². The molecule has 0 aliphatic carbocycles. The lowest BCUT2D eigenvalue weighted by Crippen LogP contribution is -2.54. The van der Waals surface area contributed by atoms with Crippen molar-refractivity contribution in [1.29, 1.82) is 0 Å². The molecule has 104 valence electrons. The monoisotopic (exact) mass is 285 g/mol. The van der Waals surface area contributed by atoms with Crippen molar-refractivity contribution in [3.63, 3.8) is 0 Å². The number of amides is 1. The molecule has 1 saturated heterocycles. The minimum absolute atomic E-state index is 0.0573. The van der Waals surface area contributed by atoms with Crippen LogP contribution in [0.2, 0.25) is 5.02 Å². The fraction of sp³-hybridized carbons (Fsp3) is 0.500. The maximum atomic E-state index is 12.9. The zero-order chi connectivity index (χ0) is 13.8. The molecule has 0 unspecified atom stereocenters. The number of hydrogen-bond donors (Lipinski definition) is 0. The van der Waals surface area contributed by atoms with Crippen LogP contribution in [-0.4, -0.2) is 30.0 Å². The molecule has 0 spiro atoms. The van der Waals surface area contributed by atoms with Crippen LogP contribution >= 0.6 is 11.6 Å². The molecule has 0 atom stereocenters. The van der Waals surface area contributed by atoms with Gasteiger partial charge in [-0.2, -0.15) is 0 Å². The van der Waals surface area contributed by atoms with Gasteiger partial charge < -0.3 is 9.64 Å². The van der Waals surface area contributed by atoms with E-state index in [4.69, 9.17) is 16.3 Å². The summed E-state index contributed by atoms with van der Waals surface area (Å²) in [5.41, 5.74) is 0.765. The van der Waals surface area contributed by atoms with Crippen molar-refractivity contribution in [2.45, 2.75) is 32.5 Å². The first-order valence-corrected chi connectivity index (χ1v) is 6.81. The number of likely N-dealkylation sites (tertiary alicyclic amines) is 1. The highest BCUT2D eigenvalue weighted by Gasteiger charge is 2.30. The molecule has 0 N–H and O–H groups in total. The van der Waals surface area contributed by atoms with E-state index in [1.807, 2.05) is 6.92 Å². The highest BCUT2D eigenvalue weighted by molar-refractivity contribution is 6.31. The van der Waals surface area contributed by atoms with Crippen molar-refractivity contribution in [3.8, 4) is 0 Å². The summed E-state index contributed by atoms with van der Waals surface area (Å²) in [6.07, 6.45) is 1.52. The van der Waals surface area contributed by atoms with E-state index in [2.05, 4.69) is 0 Å². The van der Waals surface area contributed by atoms with Gasteiger partial charge in [0.05, 0.1) is 12.7 Å². The van der Waals surface area contributed by atoms with E-state index in [9.17, 15) is 9.18 Å². The molecule has 1 aromatic carbocycles. The molecule has 1 aliphatic heterocycles. The van der Waals surface area contributed by atoms with E-state index in [1.54, 1.807) is 11.0 Å². The molecule has 0 radical (unpaired) electrons. The standard InChI is InChI=1S/C14H17ClFNO2/c1-2-3-14(18)17-7-12(8-17)19-9-10-4-5-11(16)6-13(10)15/h4-6,12H,2-3,7-9H2,1H3. The van der Waals surface area contributed by atoms with Gasteiger partial charge in [-0.05, 0) is 24.1 Å². The Hall–Kier alpha value is -1.13. The minimum Gasteiger partial charge on any atom is -0.370 e. The minimum atomic E-state index is -0.353. The Balaban J connectivity index is 1.75. The van der Waals surface area contributed by atoms with E-state index in [0.717, 1.165) is 12.0 Å². The molecule has 1 amide bonds. The lowest BCUT2D eigenvalue weighted by atomic mass is 10.1. The summed E-state index contributed by atoms with van der Waals surface area (Å²) in [6, 6.07) is 4.26. The SMILES string of the molecule is CCCC(=O)N1CC(OCc2ccc(F)cc2Cl)C1. The third-order valence-electron chi connectivity index (χ3n) is 3.15. The average Bonchev–Trinajstić information content (AvgIpc) is 2.29. The van der Waals surface area contributed by atoms with Crippen LogP contribution in [-0.2, 0) is 16.1 Å². The summed E-state index contributed by atoms with van der Waals surface area (Å²) in [5, 5.41) is 0.373. The molecular weight excluding hydrogens is 269 g/mol. The number of carbonyl (C=O) groups is 1. The molecule has 1 fully saturated rings. The van der Waals surface area contributed by atoms with E-state index < -0.39 is 0 Å². The zero-order valence-electron chi connectivity index (χ0n) is 10.9. The molecule has 19 heavy (non-hydrogen) atoms. The van der Waals surface area contributed by atoms with Crippen LogP contribution in [0.25, 0.3) is 0 Å². The highest BCUT2D eigenvalue weighted by atomic mass is 35.5. The lowest BCUT2D eigenvalue weighted by molar-refractivity contribution is -0.145. The van der Waals surface area contributed by atoms with Gasteiger partial charge in [0, 0.05) is 24.5 Å². The number of nitrogens with zero attached hydrogens (tertiary/aromatic N) is 1. The fourth-order valence-corrected chi connectivity index (χ4v) is 2.19. The molecule has 1 aromatic rings. The van der Waals surface area contributed by atoms with Crippen molar-refractivity contribution >= 4 is 17.5 Å². The fourth-order valence-electron chi connectivity index (χ4n) is 1.97. The smallest absolute Gasteiger partial charge is 0.222 e. The molecule has 1 aliphatic rings. The van der Waals surface area contributed by atoms with Crippen LogP contribution in [0.3, 0.4) is 0 Å². The van der Waals surface area contributed by atoms with E-state index in [1.165, 1.54) is 12.1 Å². The van der Waals surface area contributed by atoms with Gasteiger partial charge in [0.2, 0.25) is 5.91 Å². The van der Waals surface area contributed by atoms with Crippen LogP contribution in [0.4, 0.5) is 4.39 Å². The highest BCUT2D eigenvalue weighted by Crippen LogP contribution is 2.21. The van der Waals surface area contributed by atoms with Gasteiger partial charge in [-0.1, -0.05) is 24.6 Å². The summed E-state index contributed by atoms with van der Waals surface area (Å²) < 4.78 is 18.5. The normalized spacial score (nSPS) is 15.4. The third kappa shape index (κ3) is 3.67. The number of hydrogen-bond acceptors (Lipinski definition) is 2. The van der Waals surface area contributed by atoms with Gasteiger partial charge in [0.25, 0.3) is 0 Å². The summed E-state index contributed by atoms with van der Waals surface area (Å²) in [4.78, 5) is 13.3. The van der Waals surface area contributed by atoms with Gasteiger partial charge in [-0.3, -0.25) is 4.79 Å². The second-order valence-electron chi connectivity index (χ2n) is 4.72. The molecule has 0 bridgehead atoms. The first kappa shape index (κ1) is 14.3. The summed E-state index contributed by atoms with van der Waals surface area (Å²) in [5.74, 6) is -0.170. The zero-order valence-corrected chi connectivity index (χ0v) is 11.6. The topological polar surface area (TPSA) is 29.5 Å². The molecule has 3 nitrogen and oxygen atoms in total. The molecule has 2 rings (SSSR count). The van der Waals surface area contributed by atoms with Crippen molar-refractivity contribution in [3.05, 3.63) is 34.6 Å². The summed E-state index contributed by atoms with van der Waals surface area (Å²) >= 11 is 5.91. The first-order chi connectivity index (χ1) is 9.10. The Morgan fingerprint density at radius 1 is 1.53 bits per heavy atom. The van der Waals surface area contributed by atoms with Gasteiger partial charge in [0.15, 0.2) is 0 Å². The number of carbonyl (C=O) groups excluding carboxylic acids is 1. The molecular formula is C14H17ClFNO2. The number of rotatable bonds is 5. The Kier molecular flexibility index (Phi) is 4.77. The quantitative estimate of drug-likeness (QED) is 0.832. The van der Waals surface area contributed by atoms with Gasteiger partial charge in [-0.25, -0.2) is 4.39 Å². The molecule has 5 heteroatoms. The van der Waals surface area contributed by atoms with Crippen LogP contribution in [0, 0.1) is 5.82 Å². The second-order valence-corrected chi connectivity index (χ2v) is 5.12. The van der Waals surface area contributed by atoms with Crippen molar-refractivity contribution in [2.75, 3.05) is 13.1 Å². The first-order valence-electron chi connectivity index (χ1n) is 6.43. The van der Waals surface area contributed by atoms with Crippen LogP contribution in [0.15, 0.2) is 18.2 Å². The Morgan fingerprint density at radius 3 is 2.89 bits per heavy atom. The molecule has 0 saturated carbocycles. The third-order valence-corrected chi connectivity index (χ3v) is 3.51. The number of benzene rings is 1. The van der Waals surface area contributed by atoms with Crippen LogP contribution < -0.4 is 0 Å². The number of halogens is 2. The van der Waals surface area contributed by atoms with Crippen molar-refractivity contribution < 1.29 is 13.9 Å². The molecule has 0 aromatic heterocycles. The predicted molar refractivity (Wildman–Crippen MR) is 71.5 cm³/mol. The Labute approximate surface area is 117 Å². The van der Waals surface area contributed by atoms with Crippen molar-refractivity contribution in [1.82, 2.24) is 4.90 Å². The van der Waals surface area contributed by atoms with Gasteiger partial charge >= 0.3 is 0 Å². The Bertz CT molecular complexity index is 461. The second kappa shape index (κ2) is 6.35. The maximum absolute atomic E-state index is 12.9. The largest absolute Gasteiger partial charge is 0.370 e. The summed E-state index contributed by atoms with van der Waals surface area (Å²) in [6.45, 7) is 3.61. The van der Waals surface area contributed by atoms with E-state index in [0.29, 0.717) is 31.1 Å². The Morgan fingerprint density at radius 2 is 2.26 bits per heavy atom. The van der Waals surface area contributed by atoms with Crippen LogP contribution in [0.5, 0.6) is 0 Å². The molecule has 1 heterocycles. The van der Waals surface area contributed by atoms with Gasteiger partial charge in [-0.15, -0.1) is 0 Å². The maximum Gasteiger partial charge on any atom is 0.222 e.